The van der Waals surface area contributed by atoms with Crippen LogP contribution in [-0.2, 0) is 13.1 Å². The van der Waals surface area contributed by atoms with Gasteiger partial charge in [0.1, 0.15) is 0 Å². The maximum Gasteiger partial charge on any atom is 0.0483 e. The third-order valence-corrected chi connectivity index (χ3v) is 4.24. The van der Waals surface area contributed by atoms with E-state index in [0.29, 0.717) is 0 Å². The van der Waals surface area contributed by atoms with Crippen molar-refractivity contribution in [1.82, 2.24) is 9.88 Å². The summed E-state index contributed by atoms with van der Waals surface area (Å²) in [7, 11) is 2.02. The lowest BCUT2D eigenvalue weighted by molar-refractivity contribution is 0.396. The Morgan fingerprint density at radius 3 is 2.70 bits per heavy atom. The Hall–Kier alpha value is -1.28. The van der Waals surface area contributed by atoms with Crippen molar-refractivity contribution in [3.8, 4) is 0 Å². The summed E-state index contributed by atoms with van der Waals surface area (Å²) in [5, 5.41) is 4.67. The SMILES string of the molecule is CCCCC(CC)Cn1cc(CNC)c2ccccc21. The summed E-state index contributed by atoms with van der Waals surface area (Å²) in [5.41, 5.74) is 2.79. The van der Waals surface area contributed by atoms with Crippen LogP contribution in [0.3, 0.4) is 0 Å². The number of hydrogen-bond acceptors (Lipinski definition) is 1. The highest BCUT2D eigenvalue weighted by Crippen LogP contribution is 2.24. The second kappa shape index (κ2) is 7.49. The Labute approximate surface area is 123 Å². The predicted octanol–water partition coefficient (Wildman–Crippen LogP) is 4.58. The van der Waals surface area contributed by atoms with Crippen LogP contribution >= 0.6 is 0 Å². The first-order valence-corrected chi connectivity index (χ1v) is 8.01. The second-order valence-electron chi connectivity index (χ2n) is 5.77. The van der Waals surface area contributed by atoms with Crippen LogP contribution < -0.4 is 5.32 Å². The first-order chi connectivity index (χ1) is 9.80. The van der Waals surface area contributed by atoms with Gasteiger partial charge in [-0.1, -0.05) is 51.3 Å². The largest absolute Gasteiger partial charge is 0.347 e. The molecule has 1 aromatic carbocycles. The van der Waals surface area contributed by atoms with Gasteiger partial charge in [-0.3, -0.25) is 0 Å². The highest BCUT2D eigenvalue weighted by atomic mass is 15.0. The van der Waals surface area contributed by atoms with Crippen LogP contribution in [0.2, 0.25) is 0 Å². The first-order valence-electron chi connectivity index (χ1n) is 8.01. The van der Waals surface area contributed by atoms with Crippen LogP contribution in [0.15, 0.2) is 30.5 Å². The van der Waals surface area contributed by atoms with Crippen molar-refractivity contribution in [2.45, 2.75) is 52.6 Å². The minimum atomic E-state index is 0.799. The maximum atomic E-state index is 3.28. The average molecular weight is 272 g/mol. The molecular formula is C18H28N2. The number of unbranched alkanes of at least 4 members (excludes halogenated alkanes) is 1. The lowest BCUT2D eigenvalue weighted by Crippen LogP contribution is -2.09. The van der Waals surface area contributed by atoms with E-state index in [0.717, 1.165) is 19.0 Å². The zero-order valence-electron chi connectivity index (χ0n) is 13.2. The number of aromatic nitrogens is 1. The second-order valence-corrected chi connectivity index (χ2v) is 5.77. The van der Waals surface area contributed by atoms with Crippen LogP contribution in [0.1, 0.15) is 45.1 Å². The topological polar surface area (TPSA) is 17.0 Å². The van der Waals surface area contributed by atoms with Crippen molar-refractivity contribution in [3.05, 3.63) is 36.0 Å². The molecule has 0 aliphatic rings. The summed E-state index contributed by atoms with van der Waals surface area (Å²) < 4.78 is 2.46. The summed E-state index contributed by atoms with van der Waals surface area (Å²) in [4.78, 5) is 0. The van der Waals surface area contributed by atoms with Crippen molar-refractivity contribution in [3.63, 3.8) is 0 Å². The third kappa shape index (κ3) is 3.43. The van der Waals surface area contributed by atoms with Gasteiger partial charge in [-0.25, -0.2) is 0 Å². The number of nitrogens with one attached hydrogen (secondary N) is 1. The Balaban J connectivity index is 2.24. The molecule has 0 radical (unpaired) electrons. The average Bonchev–Trinajstić information content (AvgIpc) is 2.82. The van der Waals surface area contributed by atoms with E-state index >= 15 is 0 Å². The van der Waals surface area contributed by atoms with E-state index < -0.39 is 0 Å². The quantitative estimate of drug-likeness (QED) is 0.744. The highest BCUT2D eigenvalue weighted by Gasteiger charge is 2.11. The van der Waals surface area contributed by atoms with E-state index in [1.54, 1.807) is 0 Å². The van der Waals surface area contributed by atoms with Gasteiger partial charge < -0.3 is 9.88 Å². The van der Waals surface area contributed by atoms with Crippen molar-refractivity contribution in [2.75, 3.05) is 7.05 Å². The van der Waals surface area contributed by atoms with E-state index in [4.69, 9.17) is 0 Å². The number of para-hydroxylation sites is 1. The fourth-order valence-corrected chi connectivity index (χ4v) is 3.00. The van der Waals surface area contributed by atoms with Gasteiger partial charge in [0.15, 0.2) is 0 Å². The van der Waals surface area contributed by atoms with Crippen molar-refractivity contribution in [1.29, 1.82) is 0 Å². The third-order valence-electron chi connectivity index (χ3n) is 4.24. The van der Waals surface area contributed by atoms with Crippen molar-refractivity contribution < 1.29 is 0 Å². The molecule has 0 aliphatic carbocycles. The fraction of sp³-hybridized carbons (Fsp3) is 0.556. The molecule has 0 amide bonds. The summed E-state index contributed by atoms with van der Waals surface area (Å²) in [6.07, 6.45) is 7.61. The molecule has 0 aliphatic heterocycles. The minimum Gasteiger partial charge on any atom is -0.347 e. The molecule has 0 spiro atoms. The van der Waals surface area contributed by atoms with E-state index in [1.807, 2.05) is 7.05 Å². The smallest absolute Gasteiger partial charge is 0.0483 e. The molecule has 110 valence electrons. The van der Waals surface area contributed by atoms with Gasteiger partial charge in [-0.15, -0.1) is 0 Å². The molecule has 1 heterocycles. The summed E-state index contributed by atoms with van der Waals surface area (Å²) in [5.74, 6) is 0.799. The molecule has 0 saturated carbocycles. The molecule has 20 heavy (non-hydrogen) atoms. The molecule has 1 aromatic heterocycles. The number of benzene rings is 1. The summed E-state index contributed by atoms with van der Waals surface area (Å²) >= 11 is 0. The zero-order valence-corrected chi connectivity index (χ0v) is 13.2. The lowest BCUT2D eigenvalue weighted by Gasteiger charge is -2.16. The molecule has 0 fully saturated rings. The van der Waals surface area contributed by atoms with Crippen LogP contribution in [0.4, 0.5) is 0 Å². The zero-order chi connectivity index (χ0) is 14.4. The van der Waals surface area contributed by atoms with Crippen LogP contribution in [-0.4, -0.2) is 11.6 Å². The minimum absolute atomic E-state index is 0.799. The predicted molar refractivity (Wildman–Crippen MR) is 88.0 cm³/mol. The van der Waals surface area contributed by atoms with Gasteiger partial charge in [-0.2, -0.15) is 0 Å². The van der Waals surface area contributed by atoms with E-state index in [2.05, 4.69) is 54.2 Å². The molecule has 2 nitrogen and oxygen atoms in total. The van der Waals surface area contributed by atoms with Gasteiger partial charge in [0.05, 0.1) is 0 Å². The number of rotatable bonds is 8. The van der Waals surface area contributed by atoms with E-state index in [-0.39, 0.29) is 0 Å². The molecule has 2 heteroatoms. The Kier molecular flexibility index (Phi) is 5.66. The molecule has 0 bridgehead atoms. The highest BCUT2D eigenvalue weighted by molar-refractivity contribution is 5.83. The molecular weight excluding hydrogens is 244 g/mol. The number of nitrogens with zero attached hydrogens (tertiary/aromatic N) is 1. The molecule has 1 unspecified atom stereocenters. The maximum absolute atomic E-state index is 3.28. The lowest BCUT2D eigenvalue weighted by atomic mass is 9.99. The first kappa shape index (κ1) is 15.1. The van der Waals surface area contributed by atoms with E-state index in [1.165, 1.54) is 42.1 Å². The van der Waals surface area contributed by atoms with Crippen LogP contribution in [0.25, 0.3) is 10.9 Å². The summed E-state index contributed by atoms with van der Waals surface area (Å²) in [6, 6.07) is 8.78. The summed E-state index contributed by atoms with van der Waals surface area (Å²) in [6.45, 7) is 6.70. The number of hydrogen-bond donors (Lipinski definition) is 1. The van der Waals surface area contributed by atoms with Crippen molar-refractivity contribution in [2.24, 2.45) is 5.92 Å². The van der Waals surface area contributed by atoms with Gasteiger partial charge >= 0.3 is 0 Å². The molecule has 2 rings (SSSR count). The van der Waals surface area contributed by atoms with Gasteiger partial charge in [0.2, 0.25) is 0 Å². The number of fused-ring (bicyclic) bond motifs is 1. The molecule has 0 saturated heterocycles. The van der Waals surface area contributed by atoms with E-state index in [9.17, 15) is 0 Å². The standard InChI is InChI=1S/C18H28N2/c1-4-6-9-15(5-2)13-20-14-16(12-19-3)17-10-7-8-11-18(17)20/h7-8,10-11,14-15,19H,4-6,9,12-13H2,1-3H3. The Morgan fingerprint density at radius 2 is 2.00 bits per heavy atom. The molecule has 1 atom stereocenters. The Morgan fingerprint density at radius 1 is 1.20 bits per heavy atom. The normalized spacial score (nSPS) is 12.9. The molecule has 1 N–H and O–H groups in total. The van der Waals surface area contributed by atoms with Crippen LogP contribution in [0, 0.1) is 5.92 Å². The molecule has 2 aromatic rings. The fourth-order valence-electron chi connectivity index (χ4n) is 3.00. The van der Waals surface area contributed by atoms with Crippen LogP contribution in [0.5, 0.6) is 0 Å². The van der Waals surface area contributed by atoms with Gasteiger partial charge in [0.25, 0.3) is 0 Å². The van der Waals surface area contributed by atoms with Crippen molar-refractivity contribution >= 4 is 10.9 Å². The van der Waals surface area contributed by atoms with Gasteiger partial charge in [-0.05, 0) is 31.0 Å². The van der Waals surface area contributed by atoms with Gasteiger partial charge in [0, 0.05) is 30.2 Å². The Bertz CT molecular complexity index is 527. The monoisotopic (exact) mass is 272 g/mol.